The average molecular weight is 488 g/mol. The number of nitrogens with one attached hydrogen (secondary N) is 3. The standard InChI is InChI=1S/C27H29N5O4/c1-15-12-16(9-11-21(15)33)19-14-29-24-23(19)26(36-18-6-4-5-7-18)32-27(31-24)30-20-10-8-17(25(34)28-2)13-22(20)35-3/h8-14,18,33H,4-7H2,1-3H3,(H,28,34)(H2,29,30,31,32). The van der Waals surface area contributed by atoms with Gasteiger partial charge in [0.1, 0.15) is 23.3 Å². The van der Waals surface area contributed by atoms with Gasteiger partial charge in [-0.2, -0.15) is 9.97 Å². The third kappa shape index (κ3) is 4.51. The molecule has 0 spiro atoms. The lowest BCUT2D eigenvalue weighted by atomic mass is 10.0. The highest BCUT2D eigenvalue weighted by molar-refractivity contribution is 5.98. The Bertz CT molecular complexity index is 1430. The third-order valence-corrected chi connectivity index (χ3v) is 6.52. The molecule has 1 aliphatic rings. The number of anilines is 2. The Morgan fingerprint density at radius 2 is 1.94 bits per heavy atom. The van der Waals surface area contributed by atoms with E-state index < -0.39 is 0 Å². The van der Waals surface area contributed by atoms with E-state index >= 15 is 0 Å². The Balaban J connectivity index is 1.57. The van der Waals surface area contributed by atoms with Gasteiger partial charge in [0.25, 0.3) is 5.91 Å². The molecular formula is C27H29N5O4. The first kappa shape index (κ1) is 23.5. The topological polar surface area (TPSA) is 121 Å². The van der Waals surface area contributed by atoms with Gasteiger partial charge in [-0.3, -0.25) is 4.79 Å². The summed E-state index contributed by atoms with van der Waals surface area (Å²) in [6, 6.07) is 10.6. The largest absolute Gasteiger partial charge is 0.508 e. The van der Waals surface area contributed by atoms with E-state index in [1.165, 1.54) is 0 Å². The van der Waals surface area contributed by atoms with Gasteiger partial charge in [-0.25, -0.2) is 0 Å². The van der Waals surface area contributed by atoms with Crippen molar-refractivity contribution in [1.82, 2.24) is 20.3 Å². The van der Waals surface area contributed by atoms with Crippen LogP contribution >= 0.6 is 0 Å². The van der Waals surface area contributed by atoms with Crippen molar-refractivity contribution in [1.29, 1.82) is 0 Å². The zero-order valence-corrected chi connectivity index (χ0v) is 20.5. The van der Waals surface area contributed by atoms with Crippen LogP contribution in [-0.2, 0) is 0 Å². The van der Waals surface area contributed by atoms with Crippen LogP contribution in [0.2, 0.25) is 0 Å². The lowest BCUT2D eigenvalue weighted by molar-refractivity contribution is 0.0962. The molecule has 0 aliphatic heterocycles. The number of benzene rings is 2. The molecular weight excluding hydrogens is 458 g/mol. The normalized spacial score (nSPS) is 13.6. The Morgan fingerprint density at radius 3 is 2.67 bits per heavy atom. The first-order chi connectivity index (χ1) is 17.5. The van der Waals surface area contributed by atoms with Crippen molar-refractivity contribution in [2.24, 2.45) is 0 Å². The van der Waals surface area contributed by atoms with Crippen LogP contribution in [-0.4, -0.2) is 46.2 Å². The highest BCUT2D eigenvalue weighted by Gasteiger charge is 2.23. The molecule has 1 fully saturated rings. The highest BCUT2D eigenvalue weighted by Crippen LogP contribution is 2.38. The van der Waals surface area contributed by atoms with Crippen molar-refractivity contribution in [3.8, 4) is 28.5 Å². The molecule has 2 aromatic heterocycles. The molecule has 1 aliphatic carbocycles. The number of methoxy groups -OCH3 is 1. The van der Waals surface area contributed by atoms with Gasteiger partial charge < -0.3 is 30.2 Å². The fourth-order valence-electron chi connectivity index (χ4n) is 4.56. The van der Waals surface area contributed by atoms with Gasteiger partial charge in [-0.05, 0) is 74.1 Å². The predicted molar refractivity (Wildman–Crippen MR) is 138 cm³/mol. The summed E-state index contributed by atoms with van der Waals surface area (Å²) in [7, 11) is 3.13. The number of H-pyrrole nitrogens is 1. The maximum absolute atomic E-state index is 12.0. The molecule has 186 valence electrons. The maximum atomic E-state index is 12.0. The number of nitrogens with zero attached hydrogens (tertiary/aromatic N) is 2. The zero-order valence-electron chi connectivity index (χ0n) is 20.5. The van der Waals surface area contributed by atoms with Gasteiger partial charge in [0.2, 0.25) is 11.8 Å². The molecule has 4 N–H and O–H groups in total. The Labute approximate surface area is 208 Å². The van der Waals surface area contributed by atoms with Crippen molar-refractivity contribution in [3.05, 3.63) is 53.7 Å². The van der Waals surface area contributed by atoms with E-state index in [1.807, 2.05) is 25.3 Å². The zero-order chi connectivity index (χ0) is 25.2. The monoisotopic (exact) mass is 487 g/mol. The Hall–Kier alpha value is -4.27. The number of hydrogen-bond acceptors (Lipinski definition) is 7. The molecule has 1 saturated carbocycles. The second kappa shape index (κ2) is 9.77. The van der Waals surface area contributed by atoms with Gasteiger partial charge in [0.05, 0.1) is 18.2 Å². The molecule has 5 rings (SSSR count). The fraction of sp³-hybridized carbons (Fsp3) is 0.296. The van der Waals surface area contributed by atoms with Gasteiger partial charge in [-0.1, -0.05) is 6.07 Å². The lowest BCUT2D eigenvalue weighted by Crippen LogP contribution is -2.17. The third-order valence-electron chi connectivity index (χ3n) is 6.52. The van der Waals surface area contributed by atoms with Crippen molar-refractivity contribution in [2.75, 3.05) is 19.5 Å². The number of aromatic amines is 1. The summed E-state index contributed by atoms with van der Waals surface area (Å²) in [5, 5.41) is 16.6. The summed E-state index contributed by atoms with van der Waals surface area (Å²) in [5.74, 6) is 1.38. The number of fused-ring (bicyclic) bond motifs is 1. The van der Waals surface area contributed by atoms with E-state index in [0.717, 1.165) is 47.8 Å². The quantitative estimate of drug-likeness (QED) is 0.287. The minimum absolute atomic E-state index is 0.0987. The van der Waals surface area contributed by atoms with Gasteiger partial charge in [0, 0.05) is 24.4 Å². The molecule has 0 atom stereocenters. The number of carbonyl (C=O) groups excluding carboxylic acids is 1. The molecule has 0 unspecified atom stereocenters. The van der Waals surface area contributed by atoms with E-state index in [2.05, 4.69) is 15.6 Å². The molecule has 2 aromatic carbocycles. The summed E-state index contributed by atoms with van der Waals surface area (Å²) in [6.07, 6.45) is 6.23. The fourth-order valence-corrected chi connectivity index (χ4v) is 4.56. The minimum Gasteiger partial charge on any atom is -0.508 e. The van der Waals surface area contributed by atoms with Crippen LogP contribution in [0.3, 0.4) is 0 Å². The van der Waals surface area contributed by atoms with Crippen molar-refractivity contribution >= 4 is 28.6 Å². The van der Waals surface area contributed by atoms with Crippen LogP contribution in [0.5, 0.6) is 17.4 Å². The predicted octanol–water partition coefficient (Wildman–Crippen LogP) is 5.07. The number of phenolic OH excluding ortho intramolecular Hbond substituents is 1. The van der Waals surface area contributed by atoms with E-state index in [0.29, 0.717) is 34.5 Å². The Morgan fingerprint density at radius 1 is 1.14 bits per heavy atom. The summed E-state index contributed by atoms with van der Waals surface area (Å²) in [4.78, 5) is 24.7. The second-order valence-electron chi connectivity index (χ2n) is 8.92. The van der Waals surface area contributed by atoms with E-state index in [4.69, 9.17) is 19.4 Å². The number of amides is 1. The molecule has 4 aromatic rings. The van der Waals surface area contributed by atoms with Crippen molar-refractivity contribution < 1.29 is 19.4 Å². The van der Waals surface area contributed by atoms with Crippen LogP contribution in [0.1, 0.15) is 41.6 Å². The average Bonchev–Trinajstić information content (AvgIpc) is 3.55. The number of phenols is 1. The van der Waals surface area contributed by atoms with Crippen LogP contribution in [0.4, 0.5) is 11.6 Å². The maximum Gasteiger partial charge on any atom is 0.251 e. The number of rotatable bonds is 7. The molecule has 0 bridgehead atoms. The first-order valence-electron chi connectivity index (χ1n) is 12.0. The number of carbonyl (C=O) groups is 1. The van der Waals surface area contributed by atoms with E-state index in [9.17, 15) is 9.90 Å². The number of aromatic nitrogens is 3. The molecule has 1 amide bonds. The smallest absolute Gasteiger partial charge is 0.251 e. The van der Waals surface area contributed by atoms with Crippen LogP contribution in [0, 0.1) is 6.92 Å². The molecule has 36 heavy (non-hydrogen) atoms. The van der Waals surface area contributed by atoms with Crippen LogP contribution in [0.25, 0.3) is 22.2 Å². The SMILES string of the molecule is CNC(=O)c1ccc(Nc2nc(OC3CCCC3)c3c(-c4ccc(O)c(C)c4)c[nH]c3n2)c(OC)c1. The van der Waals surface area contributed by atoms with Crippen LogP contribution < -0.4 is 20.1 Å². The van der Waals surface area contributed by atoms with E-state index in [1.54, 1.807) is 38.4 Å². The summed E-state index contributed by atoms with van der Waals surface area (Å²) in [5.41, 5.74) is 4.36. The second-order valence-corrected chi connectivity index (χ2v) is 8.92. The van der Waals surface area contributed by atoms with Gasteiger partial charge >= 0.3 is 0 Å². The van der Waals surface area contributed by atoms with Gasteiger partial charge in [-0.15, -0.1) is 0 Å². The molecule has 9 heteroatoms. The Kier molecular flexibility index (Phi) is 6.37. The van der Waals surface area contributed by atoms with Crippen molar-refractivity contribution in [3.63, 3.8) is 0 Å². The minimum atomic E-state index is -0.201. The van der Waals surface area contributed by atoms with E-state index in [-0.39, 0.29) is 17.8 Å². The number of ether oxygens (including phenoxy) is 2. The first-order valence-corrected chi connectivity index (χ1v) is 12.0. The molecule has 0 saturated heterocycles. The molecule has 2 heterocycles. The lowest BCUT2D eigenvalue weighted by Gasteiger charge is -2.16. The number of aromatic hydroxyl groups is 1. The van der Waals surface area contributed by atoms with Gasteiger partial charge in [0.15, 0.2) is 0 Å². The van der Waals surface area contributed by atoms with Crippen LogP contribution in [0.15, 0.2) is 42.6 Å². The summed E-state index contributed by atoms with van der Waals surface area (Å²) in [6.45, 7) is 1.87. The molecule has 0 radical (unpaired) electrons. The summed E-state index contributed by atoms with van der Waals surface area (Å²) < 4.78 is 11.9. The molecule has 9 nitrogen and oxygen atoms in total. The number of hydrogen-bond donors (Lipinski definition) is 4. The number of aryl methyl sites for hydroxylation is 1. The highest BCUT2D eigenvalue weighted by atomic mass is 16.5. The summed E-state index contributed by atoms with van der Waals surface area (Å²) >= 11 is 0. The van der Waals surface area contributed by atoms with Crippen molar-refractivity contribution in [2.45, 2.75) is 38.7 Å².